The van der Waals surface area contributed by atoms with Gasteiger partial charge in [-0.2, -0.15) is 0 Å². The molecule has 0 spiro atoms. The second kappa shape index (κ2) is 7.41. The van der Waals surface area contributed by atoms with E-state index in [0.717, 1.165) is 4.57 Å². The van der Waals surface area contributed by atoms with E-state index in [1.807, 2.05) is 0 Å². The van der Waals surface area contributed by atoms with Gasteiger partial charge in [-0.25, -0.2) is 4.79 Å². The zero-order chi connectivity index (χ0) is 15.6. The summed E-state index contributed by atoms with van der Waals surface area (Å²) in [4.78, 5) is 23.8. The minimum Gasteiger partial charge on any atom is -0.390 e. The van der Waals surface area contributed by atoms with Crippen LogP contribution in [0.25, 0.3) is 0 Å². The van der Waals surface area contributed by atoms with Crippen molar-refractivity contribution in [2.24, 2.45) is 7.05 Å². The summed E-state index contributed by atoms with van der Waals surface area (Å²) < 4.78 is 13.5. The minimum atomic E-state index is -0.683. The van der Waals surface area contributed by atoms with Gasteiger partial charge in [-0.1, -0.05) is 7.96 Å². The molecule has 118 valence electrons. The Balaban J connectivity index is 2.18. The van der Waals surface area contributed by atoms with Crippen molar-refractivity contribution < 1.29 is 14.4 Å². The quantitative estimate of drug-likeness (QED) is 0.616. The van der Waals surface area contributed by atoms with Gasteiger partial charge in [-0.3, -0.25) is 13.9 Å². The van der Waals surface area contributed by atoms with E-state index < -0.39 is 24.1 Å². The number of hydrogen-bond acceptors (Lipinski definition) is 5. The number of aliphatic hydroxyl groups is 1. The van der Waals surface area contributed by atoms with Crippen LogP contribution in [-0.2, 0) is 16.3 Å². The van der Waals surface area contributed by atoms with Gasteiger partial charge >= 0.3 is 5.69 Å². The van der Waals surface area contributed by atoms with Crippen molar-refractivity contribution in [1.82, 2.24) is 9.13 Å². The molecular formula is C11H19N2O5P3. The van der Waals surface area contributed by atoms with Gasteiger partial charge in [-0.15, -0.1) is 8.93 Å². The second-order valence-corrected chi connectivity index (χ2v) is 9.71. The predicted molar refractivity (Wildman–Crippen MR) is 87.5 cm³/mol. The standard InChI is InChI=1S/C11H19N2O5P3/c1-6-4-13(11(16)12(2)10(6)15)9-3-7(14)8(18-9)5-17-20-21-19/h4,7-9,14,20-21H,3,5,19H2,1-2H3/t7-,8-,9-/m1/s1. The van der Waals surface area contributed by atoms with E-state index >= 15 is 0 Å². The summed E-state index contributed by atoms with van der Waals surface area (Å²) in [6, 6.07) is 0. The molecule has 2 rings (SSSR count). The van der Waals surface area contributed by atoms with Crippen LogP contribution >= 0.6 is 25.4 Å². The fourth-order valence-electron chi connectivity index (χ4n) is 2.25. The molecule has 1 aromatic rings. The number of aryl methyl sites for hydroxylation is 1. The molecule has 1 fully saturated rings. The molecule has 0 amide bonds. The highest BCUT2D eigenvalue weighted by atomic mass is 32.4. The number of ether oxygens (including phenoxy) is 1. The third-order valence-corrected chi connectivity index (χ3v) is 5.65. The van der Waals surface area contributed by atoms with Gasteiger partial charge in [0.15, 0.2) is 0 Å². The van der Waals surface area contributed by atoms with E-state index in [0.29, 0.717) is 35.0 Å². The monoisotopic (exact) mass is 352 g/mol. The van der Waals surface area contributed by atoms with Crippen molar-refractivity contribution in [3.05, 3.63) is 32.6 Å². The van der Waals surface area contributed by atoms with Gasteiger partial charge in [0.05, 0.1) is 12.7 Å². The molecule has 3 unspecified atom stereocenters. The van der Waals surface area contributed by atoms with Crippen LogP contribution in [0.4, 0.5) is 0 Å². The maximum atomic E-state index is 12.1. The molecule has 10 heteroatoms. The average Bonchev–Trinajstić information content (AvgIpc) is 2.82. The number of nitrogens with zero attached hydrogens (tertiary/aromatic N) is 2. The SMILES string of the molecule is Cc1cn([C@H]2C[C@@H](O)[C@@H](COPPP)O2)c(=O)n(C)c1=O. The fraction of sp³-hybridized carbons (Fsp3) is 0.636. The summed E-state index contributed by atoms with van der Waals surface area (Å²) in [6.07, 6.45) is 0.0772. The van der Waals surface area contributed by atoms with Crippen LogP contribution in [0.15, 0.2) is 15.8 Å². The zero-order valence-electron chi connectivity index (χ0n) is 11.8. The van der Waals surface area contributed by atoms with E-state index in [2.05, 4.69) is 8.93 Å². The molecule has 0 radical (unpaired) electrons. The predicted octanol–water partition coefficient (Wildman–Crippen LogP) is 0.498. The van der Waals surface area contributed by atoms with Crippen LogP contribution in [0.5, 0.6) is 0 Å². The van der Waals surface area contributed by atoms with Gasteiger partial charge in [0.25, 0.3) is 5.56 Å². The number of hydrogen-bond donors (Lipinski definition) is 1. The Morgan fingerprint density at radius 2 is 2.29 bits per heavy atom. The lowest BCUT2D eigenvalue weighted by Crippen LogP contribution is -2.40. The normalized spacial score (nSPS) is 26.6. The summed E-state index contributed by atoms with van der Waals surface area (Å²) in [7, 11) is 5.02. The van der Waals surface area contributed by atoms with E-state index in [4.69, 9.17) is 9.26 Å². The number of aromatic nitrogens is 2. The Kier molecular flexibility index (Phi) is 6.07. The lowest BCUT2D eigenvalue weighted by Gasteiger charge is -2.17. The highest BCUT2D eigenvalue weighted by Gasteiger charge is 2.35. The second-order valence-electron chi connectivity index (χ2n) is 4.86. The smallest absolute Gasteiger partial charge is 0.332 e. The summed E-state index contributed by atoms with van der Waals surface area (Å²) >= 11 is 0. The first-order chi connectivity index (χ1) is 9.95. The lowest BCUT2D eigenvalue weighted by atomic mass is 10.2. The van der Waals surface area contributed by atoms with Crippen LogP contribution in [0.3, 0.4) is 0 Å². The third-order valence-electron chi connectivity index (χ3n) is 3.38. The largest absolute Gasteiger partial charge is 0.390 e. The van der Waals surface area contributed by atoms with Crippen LogP contribution in [0.2, 0.25) is 0 Å². The average molecular weight is 352 g/mol. The van der Waals surface area contributed by atoms with Gasteiger partial charge in [0.2, 0.25) is 0 Å². The van der Waals surface area contributed by atoms with Crippen molar-refractivity contribution in [2.75, 3.05) is 6.61 Å². The summed E-state index contributed by atoms with van der Waals surface area (Å²) in [5.41, 5.74) is -0.310. The molecule has 0 aliphatic carbocycles. The van der Waals surface area contributed by atoms with Crippen LogP contribution in [0, 0.1) is 6.92 Å². The van der Waals surface area contributed by atoms with E-state index in [-0.39, 0.29) is 5.56 Å². The highest BCUT2D eigenvalue weighted by molar-refractivity contribution is 8.37. The van der Waals surface area contributed by atoms with Crippen molar-refractivity contribution in [1.29, 1.82) is 0 Å². The first-order valence-corrected chi connectivity index (χ1v) is 11.1. The Hall–Kier alpha value is -0.150. The summed E-state index contributed by atoms with van der Waals surface area (Å²) in [6.45, 7) is 1.95. The van der Waals surface area contributed by atoms with Gasteiger partial charge in [-0.05, 0) is 6.92 Å². The van der Waals surface area contributed by atoms with Crippen molar-refractivity contribution in [3.63, 3.8) is 0 Å². The Morgan fingerprint density at radius 1 is 1.57 bits per heavy atom. The Labute approximate surface area is 127 Å². The molecule has 1 N–H and O–H groups in total. The molecule has 21 heavy (non-hydrogen) atoms. The van der Waals surface area contributed by atoms with Crippen molar-refractivity contribution in [3.8, 4) is 0 Å². The molecule has 1 saturated heterocycles. The highest BCUT2D eigenvalue weighted by Crippen LogP contribution is 2.44. The van der Waals surface area contributed by atoms with Crippen LogP contribution < -0.4 is 11.2 Å². The van der Waals surface area contributed by atoms with Gasteiger partial charge in [0.1, 0.15) is 12.3 Å². The zero-order valence-corrected chi connectivity index (χ0v) is 14.9. The molecule has 0 bridgehead atoms. The van der Waals surface area contributed by atoms with Gasteiger partial charge in [0, 0.05) is 33.7 Å². The van der Waals surface area contributed by atoms with Gasteiger partial charge < -0.3 is 14.4 Å². The molecule has 2 heterocycles. The maximum absolute atomic E-state index is 12.1. The van der Waals surface area contributed by atoms with Crippen molar-refractivity contribution >= 4 is 25.4 Å². The first kappa shape index (κ1) is 17.2. The molecule has 1 aromatic heterocycles. The van der Waals surface area contributed by atoms with Crippen molar-refractivity contribution in [2.45, 2.75) is 31.8 Å². The van der Waals surface area contributed by atoms with E-state index in [9.17, 15) is 14.7 Å². The lowest BCUT2D eigenvalue weighted by molar-refractivity contribution is -0.0388. The molecule has 0 saturated carbocycles. The number of rotatable bonds is 5. The number of aliphatic hydroxyl groups excluding tert-OH is 1. The van der Waals surface area contributed by atoms with E-state index in [1.54, 1.807) is 6.92 Å². The molecule has 1 aliphatic rings. The minimum absolute atomic E-state index is 0.303. The molecule has 1 aliphatic heterocycles. The molecule has 7 nitrogen and oxygen atoms in total. The maximum Gasteiger partial charge on any atom is 0.332 e. The Morgan fingerprint density at radius 3 is 2.95 bits per heavy atom. The summed E-state index contributed by atoms with van der Waals surface area (Å²) in [5.74, 6) is 0. The Bertz CT molecular complexity index is 617. The van der Waals surface area contributed by atoms with E-state index in [1.165, 1.54) is 17.8 Å². The van der Waals surface area contributed by atoms with Crippen LogP contribution in [0.1, 0.15) is 18.2 Å². The molecular weight excluding hydrogens is 333 g/mol. The summed E-state index contributed by atoms with van der Waals surface area (Å²) in [5, 5.41) is 10.0. The first-order valence-electron chi connectivity index (χ1n) is 6.40. The fourth-order valence-corrected chi connectivity index (χ4v) is 3.83. The molecule has 0 aromatic carbocycles. The topological polar surface area (TPSA) is 82.7 Å². The van der Waals surface area contributed by atoms with Crippen LogP contribution in [-0.4, -0.2) is 33.1 Å². The molecule has 6 atom stereocenters. The third kappa shape index (κ3) is 3.79.